The summed E-state index contributed by atoms with van der Waals surface area (Å²) in [5, 5.41) is 4.28. The Balaban J connectivity index is 1.87. The van der Waals surface area contributed by atoms with Gasteiger partial charge in [0.15, 0.2) is 6.10 Å². The van der Waals surface area contributed by atoms with E-state index in [4.69, 9.17) is 15.2 Å². The van der Waals surface area contributed by atoms with Gasteiger partial charge in [-0.3, -0.25) is 19.7 Å². The molecular formula is C21H23N3O6. The lowest BCUT2D eigenvalue weighted by Gasteiger charge is -2.19. The van der Waals surface area contributed by atoms with Gasteiger partial charge < -0.3 is 20.5 Å². The zero-order valence-corrected chi connectivity index (χ0v) is 16.6. The molecule has 158 valence electrons. The van der Waals surface area contributed by atoms with Crippen LogP contribution in [-0.2, 0) is 14.3 Å². The molecule has 2 rings (SSSR count). The number of carbonyl (C=O) groups is 4. The van der Waals surface area contributed by atoms with Crippen LogP contribution >= 0.6 is 0 Å². The van der Waals surface area contributed by atoms with Gasteiger partial charge in [-0.15, -0.1) is 0 Å². The third-order valence-electron chi connectivity index (χ3n) is 3.86. The molecule has 2 aromatic rings. The topological polar surface area (TPSA) is 137 Å². The Morgan fingerprint density at radius 3 is 2.10 bits per heavy atom. The van der Waals surface area contributed by atoms with Crippen molar-refractivity contribution < 1.29 is 28.7 Å². The zero-order chi connectivity index (χ0) is 22.1. The normalized spacial score (nSPS) is 11.3. The van der Waals surface area contributed by atoms with E-state index in [1.54, 1.807) is 50.2 Å². The number of imide groups is 1. The van der Waals surface area contributed by atoms with Crippen molar-refractivity contribution in [1.82, 2.24) is 10.6 Å². The van der Waals surface area contributed by atoms with Crippen molar-refractivity contribution in [1.29, 1.82) is 0 Å². The lowest BCUT2D eigenvalue weighted by molar-refractivity contribution is -0.157. The number of nitrogens with two attached hydrogens (primary N) is 1. The number of carbonyl (C=O) groups excluding carboxylic acids is 4. The van der Waals surface area contributed by atoms with Gasteiger partial charge in [0, 0.05) is 5.56 Å². The molecule has 0 spiro atoms. The number of hydrogen-bond acceptors (Lipinski definition) is 6. The molecule has 0 radical (unpaired) electrons. The number of amides is 4. The first-order valence-corrected chi connectivity index (χ1v) is 9.17. The summed E-state index contributed by atoms with van der Waals surface area (Å²) in [6, 6.07) is 14.5. The van der Waals surface area contributed by atoms with E-state index in [2.05, 4.69) is 5.32 Å². The van der Waals surface area contributed by atoms with Crippen LogP contribution in [0.1, 0.15) is 24.2 Å². The van der Waals surface area contributed by atoms with Gasteiger partial charge in [-0.05, 0) is 42.3 Å². The first kappa shape index (κ1) is 22.4. The van der Waals surface area contributed by atoms with E-state index in [1.165, 1.54) is 0 Å². The number of primary amides is 1. The highest BCUT2D eigenvalue weighted by molar-refractivity contribution is 5.98. The Morgan fingerprint density at radius 2 is 1.53 bits per heavy atom. The monoisotopic (exact) mass is 413 g/mol. The maximum absolute atomic E-state index is 12.2. The van der Waals surface area contributed by atoms with Gasteiger partial charge in [0.25, 0.3) is 11.8 Å². The van der Waals surface area contributed by atoms with E-state index in [0.717, 1.165) is 0 Å². The molecule has 0 bridgehead atoms. The molecule has 0 aliphatic rings. The van der Waals surface area contributed by atoms with Crippen LogP contribution in [0.3, 0.4) is 0 Å². The lowest BCUT2D eigenvalue weighted by atomic mass is 10.1. The van der Waals surface area contributed by atoms with Crippen LogP contribution in [-0.4, -0.2) is 36.5 Å². The second-order valence-electron chi connectivity index (χ2n) is 6.63. The molecular weight excluding hydrogens is 390 g/mol. The maximum atomic E-state index is 12.2. The molecule has 4 N–H and O–H groups in total. The van der Waals surface area contributed by atoms with Crippen molar-refractivity contribution in [2.45, 2.75) is 20.0 Å². The van der Waals surface area contributed by atoms with Gasteiger partial charge in [-0.25, -0.2) is 4.79 Å². The fourth-order valence-corrected chi connectivity index (χ4v) is 2.42. The van der Waals surface area contributed by atoms with Crippen LogP contribution in [0.15, 0.2) is 54.6 Å². The summed E-state index contributed by atoms with van der Waals surface area (Å²) in [5.74, 6) is -1.34. The third kappa shape index (κ3) is 6.93. The van der Waals surface area contributed by atoms with E-state index in [9.17, 15) is 19.2 Å². The number of para-hydroxylation sites is 1. The maximum Gasteiger partial charge on any atom is 0.326 e. The van der Waals surface area contributed by atoms with Crippen molar-refractivity contribution in [3.8, 4) is 11.5 Å². The van der Waals surface area contributed by atoms with Crippen LogP contribution in [0.2, 0.25) is 0 Å². The number of nitrogens with one attached hydrogen (secondary N) is 2. The van der Waals surface area contributed by atoms with E-state index < -0.39 is 42.4 Å². The van der Waals surface area contributed by atoms with Crippen LogP contribution < -0.4 is 21.1 Å². The predicted octanol–water partition coefficient (Wildman–Crippen LogP) is 1.97. The van der Waals surface area contributed by atoms with Gasteiger partial charge in [0.1, 0.15) is 18.0 Å². The fraction of sp³-hybridized carbons (Fsp3) is 0.238. The summed E-state index contributed by atoms with van der Waals surface area (Å²) >= 11 is 0. The number of benzene rings is 2. The minimum atomic E-state index is -1.21. The van der Waals surface area contributed by atoms with Gasteiger partial charge in [-0.1, -0.05) is 32.0 Å². The lowest BCUT2D eigenvalue weighted by Crippen LogP contribution is -2.46. The Bertz CT molecular complexity index is 897. The summed E-state index contributed by atoms with van der Waals surface area (Å²) in [6.45, 7) is 2.82. The van der Waals surface area contributed by atoms with Crippen molar-refractivity contribution in [2.75, 3.05) is 6.54 Å². The quantitative estimate of drug-likeness (QED) is 0.566. The first-order chi connectivity index (χ1) is 14.3. The third-order valence-corrected chi connectivity index (χ3v) is 3.86. The van der Waals surface area contributed by atoms with Crippen molar-refractivity contribution in [2.24, 2.45) is 11.7 Å². The fourth-order valence-electron chi connectivity index (χ4n) is 2.42. The molecule has 4 amide bonds. The predicted molar refractivity (Wildman–Crippen MR) is 108 cm³/mol. The molecule has 30 heavy (non-hydrogen) atoms. The minimum Gasteiger partial charge on any atom is -0.457 e. The number of urea groups is 1. The van der Waals surface area contributed by atoms with Crippen molar-refractivity contribution >= 4 is 23.8 Å². The Kier molecular flexibility index (Phi) is 7.92. The van der Waals surface area contributed by atoms with E-state index in [0.29, 0.717) is 17.1 Å². The van der Waals surface area contributed by atoms with E-state index >= 15 is 0 Å². The number of rotatable bonds is 8. The molecule has 0 saturated heterocycles. The standard InChI is InChI=1S/C21H23N3O6/c1-13(2)18(20(27)24-21(22)28)30-17(25)12-23-19(26)14-8-10-16(11-9-14)29-15-6-4-3-5-7-15/h3-11,13,18H,12H2,1-2H3,(H,23,26)(H3,22,24,27,28)/t18-/m0/s1. The Hall–Kier alpha value is -3.88. The molecule has 0 aliphatic carbocycles. The van der Waals surface area contributed by atoms with Crippen LogP contribution in [0.5, 0.6) is 11.5 Å². The molecule has 0 saturated carbocycles. The molecule has 2 aromatic carbocycles. The molecule has 0 unspecified atom stereocenters. The highest BCUT2D eigenvalue weighted by Crippen LogP contribution is 2.21. The number of ether oxygens (including phenoxy) is 2. The second-order valence-corrected chi connectivity index (χ2v) is 6.63. The zero-order valence-electron chi connectivity index (χ0n) is 16.6. The van der Waals surface area contributed by atoms with Gasteiger partial charge in [0.05, 0.1) is 0 Å². The average Bonchev–Trinajstić information content (AvgIpc) is 2.70. The molecule has 0 aliphatic heterocycles. The largest absolute Gasteiger partial charge is 0.457 e. The van der Waals surface area contributed by atoms with Crippen molar-refractivity contribution in [3.63, 3.8) is 0 Å². The summed E-state index contributed by atoms with van der Waals surface area (Å²) in [4.78, 5) is 46.9. The van der Waals surface area contributed by atoms with Crippen molar-refractivity contribution in [3.05, 3.63) is 60.2 Å². The summed E-state index contributed by atoms with van der Waals surface area (Å²) in [7, 11) is 0. The van der Waals surface area contributed by atoms with Gasteiger partial charge >= 0.3 is 12.0 Å². The smallest absolute Gasteiger partial charge is 0.326 e. The number of esters is 1. The first-order valence-electron chi connectivity index (χ1n) is 9.17. The van der Waals surface area contributed by atoms with Gasteiger partial charge in [0.2, 0.25) is 0 Å². The van der Waals surface area contributed by atoms with Crippen LogP contribution in [0.25, 0.3) is 0 Å². The Morgan fingerprint density at radius 1 is 0.933 bits per heavy atom. The molecule has 0 aromatic heterocycles. The molecule has 9 heteroatoms. The molecule has 0 heterocycles. The Labute approximate surface area is 173 Å². The van der Waals surface area contributed by atoms with Crippen LogP contribution in [0.4, 0.5) is 4.79 Å². The summed E-state index contributed by atoms with van der Waals surface area (Å²) < 4.78 is 10.7. The SMILES string of the molecule is CC(C)[C@H](OC(=O)CNC(=O)c1ccc(Oc2ccccc2)cc1)C(=O)NC(N)=O. The highest BCUT2D eigenvalue weighted by Gasteiger charge is 2.27. The summed E-state index contributed by atoms with van der Waals surface area (Å²) in [6.07, 6.45) is -1.21. The minimum absolute atomic E-state index is 0.315. The number of hydrogen-bond donors (Lipinski definition) is 3. The van der Waals surface area contributed by atoms with Gasteiger partial charge in [-0.2, -0.15) is 0 Å². The van der Waals surface area contributed by atoms with E-state index in [-0.39, 0.29) is 0 Å². The molecule has 9 nitrogen and oxygen atoms in total. The highest BCUT2D eigenvalue weighted by atomic mass is 16.5. The molecule has 0 fully saturated rings. The summed E-state index contributed by atoms with van der Waals surface area (Å²) in [5.41, 5.74) is 5.22. The molecule has 1 atom stereocenters. The van der Waals surface area contributed by atoms with Crippen LogP contribution in [0, 0.1) is 5.92 Å². The second kappa shape index (κ2) is 10.6. The average molecular weight is 413 g/mol. The van der Waals surface area contributed by atoms with E-state index in [1.807, 2.05) is 23.5 Å².